The number of aliphatic carboxylic acids is 1. The summed E-state index contributed by atoms with van der Waals surface area (Å²) in [5, 5.41) is 22.6. The smallest absolute Gasteiger partial charge is 0.408 e. The third-order valence-corrected chi connectivity index (χ3v) is 7.86. The molecule has 0 saturated heterocycles. The van der Waals surface area contributed by atoms with Crippen molar-refractivity contribution in [2.75, 3.05) is 18.6 Å². The third-order valence-electron chi connectivity index (χ3n) is 7.21. The number of thioether (sulfide) groups is 1. The maximum Gasteiger partial charge on any atom is 0.408 e. The highest BCUT2D eigenvalue weighted by atomic mass is 32.2. The number of rotatable bonds is 19. The van der Waals surface area contributed by atoms with E-state index in [1.807, 2.05) is 44.4 Å². The number of hydrogen-bond donors (Lipinski definition) is 6. The molecule has 6 N–H and O–H groups in total. The Hall–Kier alpha value is -4.59. The first-order chi connectivity index (χ1) is 23.6. The van der Waals surface area contributed by atoms with Crippen molar-refractivity contribution in [1.82, 2.24) is 26.6 Å². The molecule has 13 nitrogen and oxygen atoms in total. The van der Waals surface area contributed by atoms with Crippen LogP contribution in [0.4, 0.5) is 4.79 Å². The predicted octanol–water partition coefficient (Wildman–Crippen LogP) is 2.82. The number of benzene rings is 2. The van der Waals surface area contributed by atoms with Crippen LogP contribution in [0, 0.1) is 5.92 Å². The highest BCUT2D eigenvalue weighted by Crippen LogP contribution is 2.11. The Labute approximate surface area is 298 Å². The third kappa shape index (κ3) is 16.2. The van der Waals surface area contributed by atoms with Crippen LogP contribution in [0.15, 0.2) is 60.7 Å². The molecule has 274 valence electrons. The second kappa shape index (κ2) is 20.8. The molecule has 0 bridgehead atoms. The van der Waals surface area contributed by atoms with Gasteiger partial charge in [0.05, 0.1) is 6.54 Å². The first kappa shape index (κ1) is 41.6. The average molecular weight is 714 g/mol. The van der Waals surface area contributed by atoms with E-state index in [-0.39, 0.29) is 31.6 Å². The lowest BCUT2D eigenvalue weighted by Crippen LogP contribution is -2.57. The number of amides is 5. The minimum absolute atomic E-state index is 0.0151. The minimum atomic E-state index is -1.17. The number of nitrogens with one attached hydrogen (secondary N) is 5. The first-order valence-electron chi connectivity index (χ1n) is 16.5. The van der Waals surface area contributed by atoms with Crippen LogP contribution >= 0.6 is 11.8 Å². The van der Waals surface area contributed by atoms with Crippen LogP contribution in [-0.2, 0) is 41.6 Å². The van der Waals surface area contributed by atoms with Gasteiger partial charge in [0.25, 0.3) is 0 Å². The molecular formula is C36H51N5O8S. The molecule has 0 fully saturated rings. The fourth-order valence-corrected chi connectivity index (χ4v) is 5.32. The zero-order valence-corrected chi connectivity index (χ0v) is 30.4. The summed E-state index contributed by atoms with van der Waals surface area (Å²) in [4.78, 5) is 77.7. The van der Waals surface area contributed by atoms with E-state index in [1.165, 1.54) is 11.8 Å². The van der Waals surface area contributed by atoms with E-state index in [0.29, 0.717) is 5.75 Å². The molecule has 2 aromatic rings. The fraction of sp³-hybridized carbons (Fsp3) is 0.500. The normalized spacial score (nSPS) is 13.6. The van der Waals surface area contributed by atoms with Gasteiger partial charge < -0.3 is 36.4 Å². The maximum atomic E-state index is 13.7. The number of hydrogen-bond acceptors (Lipinski definition) is 8. The summed E-state index contributed by atoms with van der Waals surface area (Å²) in [6.45, 7) is 8.30. The Bertz CT molecular complexity index is 1420. The van der Waals surface area contributed by atoms with Gasteiger partial charge in [-0.2, -0.15) is 11.8 Å². The zero-order valence-electron chi connectivity index (χ0n) is 29.6. The van der Waals surface area contributed by atoms with Gasteiger partial charge in [0.15, 0.2) is 0 Å². The molecule has 4 atom stereocenters. The molecule has 5 amide bonds. The Morgan fingerprint density at radius 3 is 1.70 bits per heavy atom. The van der Waals surface area contributed by atoms with E-state index in [1.54, 1.807) is 57.2 Å². The summed E-state index contributed by atoms with van der Waals surface area (Å²) >= 11 is 1.45. The highest BCUT2D eigenvalue weighted by molar-refractivity contribution is 7.98. The average Bonchev–Trinajstić information content (AvgIpc) is 3.04. The number of carbonyl (C=O) groups is 6. The van der Waals surface area contributed by atoms with E-state index >= 15 is 0 Å². The van der Waals surface area contributed by atoms with Crippen molar-refractivity contribution >= 4 is 47.5 Å². The van der Waals surface area contributed by atoms with Gasteiger partial charge in [0, 0.05) is 12.8 Å². The fourth-order valence-electron chi connectivity index (χ4n) is 4.84. The molecular weight excluding hydrogens is 662 g/mol. The van der Waals surface area contributed by atoms with Crippen LogP contribution in [0.2, 0.25) is 0 Å². The van der Waals surface area contributed by atoms with Gasteiger partial charge in [0.1, 0.15) is 29.8 Å². The van der Waals surface area contributed by atoms with Crippen LogP contribution in [0.5, 0.6) is 0 Å². The van der Waals surface area contributed by atoms with Gasteiger partial charge in [-0.15, -0.1) is 0 Å². The van der Waals surface area contributed by atoms with Crippen molar-refractivity contribution < 1.29 is 38.6 Å². The van der Waals surface area contributed by atoms with E-state index in [0.717, 1.165) is 11.1 Å². The Morgan fingerprint density at radius 1 is 0.720 bits per heavy atom. The Morgan fingerprint density at radius 2 is 1.22 bits per heavy atom. The van der Waals surface area contributed by atoms with Gasteiger partial charge in [0.2, 0.25) is 23.6 Å². The van der Waals surface area contributed by atoms with Crippen molar-refractivity contribution in [3.05, 3.63) is 71.8 Å². The molecule has 0 unspecified atom stereocenters. The van der Waals surface area contributed by atoms with Crippen LogP contribution in [-0.4, -0.2) is 89.1 Å². The van der Waals surface area contributed by atoms with Crippen molar-refractivity contribution in [2.45, 2.75) is 90.1 Å². The molecule has 0 aliphatic carbocycles. The summed E-state index contributed by atoms with van der Waals surface area (Å²) in [6.07, 6.45) is 1.68. The topological polar surface area (TPSA) is 192 Å². The van der Waals surface area contributed by atoms with Crippen LogP contribution in [0.1, 0.15) is 58.6 Å². The summed E-state index contributed by atoms with van der Waals surface area (Å²) in [6, 6.07) is 13.6. The second-order valence-corrected chi connectivity index (χ2v) is 14.3. The predicted molar refractivity (Wildman–Crippen MR) is 192 cm³/mol. The molecule has 0 aliphatic rings. The lowest BCUT2D eigenvalue weighted by molar-refractivity contribution is -0.142. The van der Waals surface area contributed by atoms with Gasteiger partial charge in [-0.25, -0.2) is 9.59 Å². The number of ether oxygens (including phenoxy) is 1. The summed E-state index contributed by atoms with van der Waals surface area (Å²) < 4.78 is 5.38. The van der Waals surface area contributed by atoms with E-state index in [9.17, 15) is 33.9 Å². The molecule has 0 heterocycles. The molecule has 14 heteroatoms. The molecule has 2 aromatic carbocycles. The van der Waals surface area contributed by atoms with Crippen molar-refractivity contribution in [1.29, 1.82) is 0 Å². The van der Waals surface area contributed by atoms with Gasteiger partial charge >= 0.3 is 12.1 Å². The minimum Gasteiger partial charge on any atom is -0.480 e. The van der Waals surface area contributed by atoms with Gasteiger partial charge in [-0.3, -0.25) is 19.2 Å². The molecule has 50 heavy (non-hydrogen) atoms. The quantitative estimate of drug-likeness (QED) is 0.127. The van der Waals surface area contributed by atoms with Crippen LogP contribution < -0.4 is 26.6 Å². The van der Waals surface area contributed by atoms with Crippen LogP contribution in [0.25, 0.3) is 0 Å². The SMILES string of the molecule is CSCC[C@H](NC(=O)[C@H](CC(C)C)NC(=O)CNC(=O)[C@H](Cc1ccccc1)NC(=O)[C@H](Cc1ccccc1)NC(=O)OC(C)(C)C)C(=O)O. The molecule has 0 spiro atoms. The summed E-state index contributed by atoms with van der Waals surface area (Å²) in [5.41, 5.74) is 0.693. The lowest BCUT2D eigenvalue weighted by Gasteiger charge is -2.26. The molecule has 0 radical (unpaired) electrons. The van der Waals surface area contributed by atoms with E-state index < -0.39 is 72.0 Å². The maximum absolute atomic E-state index is 13.7. The first-order valence-corrected chi connectivity index (χ1v) is 17.9. The molecule has 0 aromatic heterocycles. The van der Waals surface area contributed by atoms with Crippen LogP contribution in [0.3, 0.4) is 0 Å². The van der Waals surface area contributed by atoms with Crippen molar-refractivity contribution in [2.24, 2.45) is 5.92 Å². The molecule has 0 aliphatic heterocycles. The Kier molecular flexibility index (Phi) is 17.3. The standard InChI is InChI=1S/C36H51N5O8S/c1-23(2)19-27(32(44)39-26(34(46)47)17-18-50-6)38-30(42)22-37-31(43)28(20-24-13-9-7-10-14-24)40-33(45)29(21-25-15-11-8-12-16-25)41-35(48)49-36(3,4)5/h7-16,23,26-29H,17-22H2,1-6H3,(H,37,43)(H,38,42)(H,39,44)(H,40,45)(H,41,48)(H,46,47)/t26-,27-,28-,29-/m0/s1. The summed E-state index contributed by atoms with van der Waals surface area (Å²) in [5.74, 6) is -3.28. The monoisotopic (exact) mass is 713 g/mol. The van der Waals surface area contributed by atoms with E-state index in [4.69, 9.17) is 4.74 Å². The second-order valence-electron chi connectivity index (χ2n) is 13.3. The lowest BCUT2D eigenvalue weighted by atomic mass is 10.0. The number of carbonyl (C=O) groups excluding carboxylic acids is 5. The van der Waals surface area contributed by atoms with Crippen molar-refractivity contribution in [3.63, 3.8) is 0 Å². The highest BCUT2D eigenvalue weighted by Gasteiger charge is 2.30. The Balaban J connectivity index is 2.20. The molecule has 0 saturated carbocycles. The van der Waals surface area contributed by atoms with Gasteiger partial charge in [-0.1, -0.05) is 74.5 Å². The van der Waals surface area contributed by atoms with Crippen molar-refractivity contribution in [3.8, 4) is 0 Å². The number of alkyl carbamates (subject to hydrolysis) is 1. The zero-order chi connectivity index (χ0) is 37.3. The van der Waals surface area contributed by atoms with Gasteiger partial charge in [-0.05, 0) is 62.7 Å². The largest absolute Gasteiger partial charge is 0.480 e. The number of carboxylic acids is 1. The number of carboxylic acid groups (broad SMARTS) is 1. The summed E-state index contributed by atoms with van der Waals surface area (Å²) in [7, 11) is 0. The van der Waals surface area contributed by atoms with E-state index in [2.05, 4.69) is 26.6 Å². The molecule has 2 rings (SSSR count).